The van der Waals surface area contributed by atoms with Gasteiger partial charge in [-0.2, -0.15) is 0 Å². The molecule has 14 heteroatoms. The lowest BCUT2D eigenvalue weighted by molar-refractivity contribution is -0.136. The van der Waals surface area contributed by atoms with Crippen LogP contribution in [0.3, 0.4) is 0 Å². The number of nitrogens with one attached hydrogen (secondary N) is 2. The van der Waals surface area contributed by atoms with Crippen molar-refractivity contribution < 1.29 is 32.3 Å². The lowest BCUT2D eigenvalue weighted by Gasteiger charge is -2.27. The Morgan fingerprint density at radius 2 is 1.68 bits per heavy atom. The summed E-state index contributed by atoms with van der Waals surface area (Å²) < 4.78 is 31.1. The van der Waals surface area contributed by atoms with Gasteiger partial charge in [0, 0.05) is 12.1 Å². The molecule has 0 saturated carbocycles. The van der Waals surface area contributed by atoms with Crippen LogP contribution in [-0.2, 0) is 19.6 Å². The maximum absolute atomic E-state index is 13.0. The third-order valence-electron chi connectivity index (χ3n) is 5.06. The number of nitrogens with zero attached hydrogens (tertiary/aromatic N) is 1. The molecule has 34 heavy (non-hydrogen) atoms. The van der Waals surface area contributed by atoms with Crippen LogP contribution in [-0.4, -0.2) is 47.0 Å². The van der Waals surface area contributed by atoms with Crippen molar-refractivity contribution >= 4 is 74.1 Å². The molecule has 1 saturated heterocycles. The topological polar surface area (TPSA) is 139 Å². The van der Waals surface area contributed by atoms with Crippen molar-refractivity contribution in [3.8, 4) is 5.75 Å². The highest BCUT2D eigenvalue weighted by molar-refractivity contribution is 7.92. The number of carbonyl (C=O) groups excluding carboxylic acids is 4. The Balaban J connectivity index is 1.62. The molecular weight excluding hydrogens is 533 g/mol. The van der Waals surface area contributed by atoms with E-state index in [9.17, 15) is 27.6 Å². The molecule has 2 aromatic carbocycles. The summed E-state index contributed by atoms with van der Waals surface area (Å²) in [4.78, 5) is 49.7. The van der Waals surface area contributed by atoms with Crippen molar-refractivity contribution in [1.82, 2.24) is 10.2 Å². The summed E-state index contributed by atoms with van der Waals surface area (Å²) in [6.45, 7) is 0. The first-order valence-electron chi connectivity index (χ1n) is 9.60. The van der Waals surface area contributed by atoms with Crippen molar-refractivity contribution in [3.05, 3.63) is 53.6 Å². The van der Waals surface area contributed by atoms with Crippen LogP contribution in [0.4, 0.5) is 5.69 Å². The smallest absolute Gasteiger partial charge is 0.338 e. The Kier molecular flexibility index (Phi) is 6.23. The van der Waals surface area contributed by atoms with Crippen molar-refractivity contribution in [2.75, 3.05) is 4.72 Å². The Labute approximate surface area is 208 Å². The zero-order valence-electron chi connectivity index (χ0n) is 16.9. The molecule has 1 fully saturated rings. The van der Waals surface area contributed by atoms with Crippen LogP contribution < -0.4 is 14.8 Å². The Morgan fingerprint density at radius 3 is 2.35 bits per heavy atom. The van der Waals surface area contributed by atoms with Gasteiger partial charge in [0.2, 0.25) is 11.8 Å². The number of benzene rings is 2. The number of piperidine rings is 1. The number of hydrogen-bond acceptors (Lipinski definition) is 7. The van der Waals surface area contributed by atoms with Crippen LogP contribution in [0.15, 0.2) is 47.4 Å². The number of carbonyl (C=O) groups is 4. The van der Waals surface area contributed by atoms with E-state index in [0.29, 0.717) is 0 Å². The summed E-state index contributed by atoms with van der Waals surface area (Å²) >= 11 is 16.8. The minimum atomic E-state index is -4.28. The second-order valence-corrected chi connectivity index (χ2v) is 11.1. The number of amides is 4. The Morgan fingerprint density at radius 1 is 1.00 bits per heavy atom. The number of imide groups is 2. The number of sulfonamides is 1. The number of rotatable bonds is 5. The van der Waals surface area contributed by atoms with Crippen molar-refractivity contribution in [1.29, 1.82) is 0 Å². The maximum Gasteiger partial charge on any atom is 0.338 e. The number of ether oxygens (including phenoxy) is 1. The lowest BCUT2D eigenvalue weighted by atomic mass is 10.0. The van der Waals surface area contributed by atoms with Crippen LogP contribution in [0, 0.1) is 0 Å². The second-order valence-electron chi connectivity index (χ2n) is 7.31. The fraction of sp³-hybridized carbons (Fsp3) is 0.200. The highest BCUT2D eigenvalue weighted by atomic mass is 35.6. The molecule has 2 aromatic rings. The number of alkyl halides is 3. The number of fused-ring (bicyclic) bond motifs is 1. The molecule has 0 aromatic heterocycles. The lowest BCUT2D eigenvalue weighted by Crippen LogP contribution is -2.54. The number of para-hydroxylation sites is 1. The van der Waals surface area contributed by atoms with E-state index in [4.69, 9.17) is 39.5 Å². The van der Waals surface area contributed by atoms with E-state index in [1.807, 2.05) is 0 Å². The fourth-order valence-corrected chi connectivity index (χ4v) is 5.05. The first-order chi connectivity index (χ1) is 15.9. The molecule has 0 radical (unpaired) electrons. The first kappa shape index (κ1) is 24.3. The van der Waals surface area contributed by atoms with Crippen LogP contribution in [0.1, 0.15) is 33.6 Å². The van der Waals surface area contributed by atoms with E-state index in [2.05, 4.69) is 10.0 Å². The van der Waals surface area contributed by atoms with E-state index in [1.165, 1.54) is 42.5 Å². The minimum Gasteiger partial charge on any atom is -0.444 e. The molecule has 2 aliphatic rings. The Bertz CT molecular complexity index is 1340. The molecule has 1 unspecified atom stereocenters. The zero-order chi connectivity index (χ0) is 24.8. The molecule has 2 heterocycles. The summed E-state index contributed by atoms with van der Waals surface area (Å²) in [6, 6.07) is 8.02. The molecule has 178 valence electrons. The first-order valence-corrected chi connectivity index (χ1v) is 12.2. The van der Waals surface area contributed by atoms with Gasteiger partial charge >= 0.3 is 3.98 Å². The largest absolute Gasteiger partial charge is 0.444 e. The van der Waals surface area contributed by atoms with Gasteiger partial charge in [-0.1, -0.05) is 12.1 Å². The third-order valence-corrected chi connectivity index (χ3v) is 6.71. The summed E-state index contributed by atoms with van der Waals surface area (Å²) in [7, 11) is -4.28. The van der Waals surface area contributed by atoms with Gasteiger partial charge in [0.15, 0.2) is 0 Å². The standard InChI is InChI=1S/C20H14Cl3N3O7S/c21-20(22,23)33-14-3-1-2-4-15(14)34(31,32)25-10-5-6-11-12(9-10)19(30)26(18(11)29)13-7-8-16(27)24-17(13)28/h1-6,9,13,25H,7-8H2,(H,24,27,28). The average Bonchev–Trinajstić information content (AvgIpc) is 2.97. The van der Waals surface area contributed by atoms with Gasteiger partial charge in [-0.25, -0.2) is 8.42 Å². The van der Waals surface area contributed by atoms with Gasteiger partial charge in [0.1, 0.15) is 16.7 Å². The Hall–Kier alpha value is -2.86. The van der Waals surface area contributed by atoms with E-state index in [1.54, 1.807) is 0 Å². The molecule has 2 N–H and O–H groups in total. The molecule has 4 rings (SSSR count). The average molecular weight is 547 g/mol. The molecule has 4 amide bonds. The summed E-state index contributed by atoms with van der Waals surface area (Å²) in [5, 5.41) is 2.10. The van der Waals surface area contributed by atoms with Gasteiger partial charge < -0.3 is 4.74 Å². The summed E-state index contributed by atoms with van der Waals surface area (Å²) in [6.07, 6.45) is -0.0276. The van der Waals surface area contributed by atoms with Crippen LogP contribution >= 0.6 is 34.8 Å². The fourth-order valence-electron chi connectivity index (χ4n) is 3.63. The third kappa shape index (κ3) is 4.69. The van der Waals surface area contributed by atoms with Gasteiger partial charge in [0.25, 0.3) is 21.8 Å². The molecule has 1 atom stereocenters. The van der Waals surface area contributed by atoms with Crippen LogP contribution in [0.2, 0.25) is 0 Å². The quantitative estimate of drug-likeness (QED) is 0.434. The molecule has 2 aliphatic heterocycles. The highest BCUT2D eigenvalue weighted by Crippen LogP contribution is 2.35. The molecule has 10 nitrogen and oxygen atoms in total. The molecule has 0 bridgehead atoms. The monoisotopic (exact) mass is 545 g/mol. The zero-order valence-corrected chi connectivity index (χ0v) is 20.0. The predicted molar refractivity (Wildman–Crippen MR) is 121 cm³/mol. The minimum absolute atomic E-state index is 0.00224. The van der Waals surface area contributed by atoms with E-state index >= 15 is 0 Å². The van der Waals surface area contributed by atoms with Crippen LogP contribution in [0.25, 0.3) is 0 Å². The summed E-state index contributed by atoms with van der Waals surface area (Å²) in [5.74, 6) is -2.97. The van der Waals surface area contributed by atoms with Crippen LogP contribution in [0.5, 0.6) is 5.75 Å². The number of hydrogen-bond donors (Lipinski definition) is 2. The normalized spacial score (nSPS) is 18.6. The predicted octanol–water partition coefficient (Wildman–Crippen LogP) is 2.60. The van der Waals surface area contributed by atoms with Crippen molar-refractivity contribution in [3.63, 3.8) is 0 Å². The van der Waals surface area contributed by atoms with Gasteiger partial charge in [-0.15, -0.1) is 0 Å². The van der Waals surface area contributed by atoms with Gasteiger partial charge in [-0.3, -0.25) is 34.1 Å². The second kappa shape index (κ2) is 8.73. The van der Waals surface area contributed by atoms with E-state index < -0.39 is 43.7 Å². The van der Waals surface area contributed by atoms with E-state index in [0.717, 1.165) is 4.90 Å². The SMILES string of the molecule is O=C1CCC(N2C(=O)c3ccc(NS(=O)(=O)c4ccccc4OC(Cl)(Cl)Cl)cc3C2=O)C(=O)N1. The summed E-state index contributed by atoms with van der Waals surface area (Å²) in [5.41, 5.74) is -0.132. The van der Waals surface area contributed by atoms with Crippen molar-refractivity contribution in [2.45, 2.75) is 27.8 Å². The van der Waals surface area contributed by atoms with Crippen molar-refractivity contribution in [2.24, 2.45) is 0 Å². The number of anilines is 1. The molecular formula is C20H14Cl3N3O7S. The van der Waals surface area contributed by atoms with Gasteiger partial charge in [-0.05, 0) is 71.6 Å². The molecule has 0 spiro atoms. The number of halogens is 3. The molecule has 0 aliphatic carbocycles. The van der Waals surface area contributed by atoms with Gasteiger partial charge in [0.05, 0.1) is 11.1 Å². The highest BCUT2D eigenvalue weighted by Gasteiger charge is 2.44. The maximum atomic E-state index is 13.0. The van der Waals surface area contributed by atoms with E-state index in [-0.39, 0.29) is 40.3 Å².